The molecule has 1 heterocycles. The monoisotopic (exact) mass is 471 g/mol. The number of phenolic OH excluding ortho intramolecular Hbond substituents is 2. The topological polar surface area (TPSA) is 116 Å². The van der Waals surface area contributed by atoms with E-state index in [0.717, 1.165) is 37.3 Å². The van der Waals surface area contributed by atoms with Gasteiger partial charge in [-0.3, -0.25) is 14.5 Å². The van der Waals surface area contributed by atoms with E-state index in [1.165, 1.54) is 19.3 Å². The molecule has 1 saturated heterocycles. The van der Waals surface area contributed by atoms with Gasteiger partial charge in [-0.2, -0.15) is 0 Å². The molecule has 0 saturated carbocycles. The number of Topliss-reactive ketones (excluding diaryl/α,β-unsaturated/α-hetero) is 1. The number of aromatic hydroxyl groups is 2. The molecule has 0 unspecified atom stereocenters. The summed E-state index contributed by atoms with van der Waals surface area (Å²) in [7, 11) is 0. The molecule has 0 spiro atoms. The number of halogens is 1. The highest BCUT2D eigenvalue weighted by Crippen LogP contribution is 2.34. The molecule has 2 aromatic carbocycles. The molecule has 0 aliphatic carbocycles. The number of benzene rings is 2. The van der Waals surface area contributed by atoms with E-state index in [-0.39, 0.29) is 33.6 Å². The molecule has 0 bridgehead atoms. The van der Waals surface area contributed by atoms with Crippen molar-refractivity contribution in [3.63, 3.8) is 0 Å². The third kappa shape index (κ3) is 6.06. The summed E-state index contributed by atoms with van der Waals surface area (Å²) < 4.78 is 0. The Kier molecular flexibility index (Phi) is 8.00. The Hall–Kier alpha value is -3.03. The summed E-state index contributed by atoms with van der Waals surface area (Å²) in [5.74, 6) is -2.08. The van der Waals surface area contributed by atoms with Crippen molar-refractivity contribution in [3.8, 4) is 11.5 Å². The first-order valence-electron chi connectivity index (χ1n) is 11.1. The first kappa shape index (κ1) is 24.6. The van der Waals surface area contributed by atoms with Gasteiger partial charge in [-0.1, -0.05) is 42.3 Å². The summed E-state index contributed by atoms with van der Waals surface area (Å²) in [6.07, 6.45) is 3.65. The molecule has 1 aliphatic rings. The van der Waals surface area contributed by atoms with Crippen molar-refractivity contribution in [2.45, 2.75) is 45.7 Å². The fourth-order valence-corrected chi connectivity index (χ4v) is 4.05. The summed E-state index contributed by atoms with van der Waals surface area (Å²) >= 11 is 5.96. The number of allylic oxidation sites excluding steroid dienone is 1. The van der Waals surface area contributed by atoms with Crippen LogP contribution < -0.4 is 11.1 Å². The molecular formula is C25H30ClN3O4. The number of phenols is 2. The minimum absolute atomic E-state index is 0.0465. The van der Waals surface area contributed by atoms with E-state index in [0.29, 0.717) is 5.56 Å². The number of piperidine rings is 1. The van der Waals surface area contributed by atoms with Crippen molar-refractivity contribution in [1.29, 1.82) is 0 Å². The third-order valence-electron chi connectivity index (χ3n) is 5.57. The smallest absolute Gasteiger partial charge is 0.268 e. The van der Waals surface area contributed by atoms with Crippen molar-refractivity contribution in [2.24, 2.45) is 5.73 Å². The number of hydrogen-bond donors (Lipinski definition) is 4. The number of carbonyl (C=O) groups excluding carboxylic acids is 2. The van der Waals surface area contributed by atoms with Crippen LogP contribution in [0.25, 0.3) is 5.57 Å². The van der Waals surface area contributed by atoms with Crippen molar-refractivity contribution in [3.05, 3.63) is 63.8 Å². The van der Waals surface area contributed by atoms with Crippen molar-refractivity contribution >= 4 is 28.9 Å². The van der Waals surface area contributed by atoms with Gasteiger partial charge in [0.1, 0.15) is 17.2 Å². The molecule has 3 rings (SSSR count). The maximum atomic E-state index is 13.4. The molecule has 0 atom stereocenters. The van der Waals surface area contributed by atoms with Gasteiger partial charge in [0.25, 0.3) is 5.91 Å². The second-order valence-corrected chi connectivity index (χ2v) is 9.01. The molecule has 0 radical (unpaired) electrons. The molecule has 1 fully saturated rings. The van der Waals surface area contributed by atoms with Crippen molar-refractivity contribution < 1.29 is 19.8 Å². The number of nitrogens with two attached hydrogens (primary N) is 1. The van der Waals surface area contributed by atoms with Gasteiger partial charge in [0, 0.05) is 18.7 Å². The second kappa shape index (κ2) is 10.7. The summed E-state index contributed by atoms with van der Waals surface area (Å²) in [4.78, 5) is 28.5. The lowest BCUT2D eigenvalue weighted by molar-refractivity contribution is -0.117. The minimum Gasteiger partial charge on any atom is -0.507 e. The van der Waals surface area contributed by atoms with Gasteiger partial charge >= 0.3 is 0 Å². The molecular weight excluding hydrogens is 442 g/mol. The molecule has 176 valence electrons. The molecule has 7 nitrogen and oxygen atoms in total. The first-order chi connectivity index (χ1) is 15.7. The Morgan fingerprint density at radius 1 is 1.06 bits per heavy atom. The zero-order valence-corrected chi connectivity index (χ0v) is 19.7. The van der Waals surface area contributed by atoms with E-state index in [1.807, 2.05) is 12.1 Å². The maximum absolute atomic E-state index is 13.4. The lowest BCUT2D eigenvalue weighted by Gasteiger charge is -2.26. The number of nitrogens with one attached hydrogen (secondary N) is 1. The molecule has 1 aliphatic heterocycles. The molecule has 2 aromatic rings. The quantitative estimate of drug-likeness (QED) is 0.360. The normalized spacial score (nSPS) is 15.3. The lowest BCUT2D eigenvalue weighted by atomic mass is 9.93. The zero-order valence-electron chi connectivity index (χ0n) is 18.9. The van der Waals surface area contributed by atoms with E-state index in [1.54, 1.807) is 26.0 Å². The van der Waals surface area contributed by atoms with Crippen LogP contribution in [0.15, 0.2) is 42.1 Å². The molecule has 33 heavy (non-hydrogen) atoms. The van der Waals surface area contributed by atoms with Gasteiger partial charge in [-0.05, 0) is 57.0 Å². The van der Waals surface area contributed by atoms with Crippen molar-refractivity contribution in [2.75, 3.05) is 13.1 Å². The minimum atomic E-state index is -0.672. The highest BCUT2D eigenvalue weighted by molar-refractivity contribution is 6.36. The number of rotatable bonds is 7. The number of likely N-dealkylation sites (tertiary alicyclic amines) is 1. The molecule has 5 N–H and O–H groups in total. The van der Waals surface area contributed by atoms with Crippen LogP contribution in [0.2, 0.25) is 5.02 Å². The van der Waals surface area contributed by atoms with Crippen molar-refractivity contribution in [1.82, 2.24) is 10.2 Å². The van der Waals surface area contributed by atoms with E-state index < -0.39 is 17.4 Å². The summed E-state index contributed by atoms with van der Waals surface area (Å²) in [5, 5.41) is 22.6. The maximum Gasteiger partial charge on any atom is 0.268 e. The van der Waals surface area contributed by atoms with E-state index in [9.17, 15) is 19.8 Å². The van der Waals surface area contributed by atoms with Gasteiger partial charge in [0.2, 0.25) is 0 Å². The van der Waals surface area contributed by atoms with Gasteiger partial charge in [-0.15, -0.1) is 0 Å². The largest absolute Gasteiger partial charge is 0.507 e. The Labute approximate surface area is 198 Å². The number of nitrogens with zero attached hydrogens (tertiary/aromatic N) is 1. The van der Waals surface area contributed by atoms with Crippen LogP contribution in [0, 0.1) is 0 Å². The Morgan fingerprint density at radius 3 is 2.30 bits per heavy atom. The van der Waals surface area contributed by atoms with Gasteiger partial charge in [0.05, 0.1) is 16.2 Å². The Morgan fingerprint density at radius 2 is 1.70 bits per heavy atom. The highest BCUT2D eigenvalue weighted by Gasteiger charge is 2.25. The van der Waals surface area contributed by atoms with E-state index in [2.05, 4.69) is 10.2 Å². The molecule has 0 aromatic heterocycles. The van der Waals surface area contributed by atoms with Gasteiger partial charge in [0.15, 0.2) is 5.78 Å². The highest BCUT2D eigenvalue weighted by atomic mass is 35.5. The third-order valence-corrected chi connectivity index (χ3v) is 5.87. The Balaban J connectivity index is 1.99. The first-order valence-corrected chi connectivity index (χ1v) is 11.4. The number of hydrogen-bond acceptors (Lipinski definition) is 6. The zero-order chi connectivity index (χ0) is 24.1. The van der Waals surface area contributed by atoms with E-state index >= 15 is 0 Å². The predicted molar refractivity (Wildman–Crippen MR) is 129 cm³/mol. The second-order valence-electron chi connectivity index (χ2n) is 8.60. The standard InChI is InChI=1S/C25H30ClN3O4/c1-15(2)28-25(33)23(27)22(24(32)18-12-19(26)21(31)13-20(18)30)17-8-6-16(7-9-17)14-29-10-4-3-5-11-29/h6-9,12-13,15,30-31H,3-5,10-11,14,27H2,1-2H3,(H,28,33). The summed E-state index contributed by atoms with van der Waals surface area (Å²) in [5.41, 5.74) is 7.23. The lowest BCUT2D eigenvalue weighted by Crippen LogP contribution is -2.35. The van der Waals surface area contributed by atoms with Crippen LogP contribution in [-0.4, -0.2) is 45.9 Å². The van der Waals surface area contributed by atoms with E-state index in [4.69, 9.17) is 17.3 Å². The number of carbonyl (C=O) groups is 2. The molecule has 8 heteroatoms. The van der Waals surface area contributed by atoms with Crippen LogP contribution in [0.1, 0.15) is 54.6 Å². The average molecular weight is 472 g/mol. The van der Waals surface area contributed by atoms with Gasteiger partial charge in [-0.25, -0.2) is 0 Å². The fourth-order valence-electron chi connectivity index (χ4n) is 3.88. The van der Waals surface area contributed by atoms with Crippen LogP contribution >= 0.6 is 11.6 Å². The summed E-state index contributed by atoms with van der Waals surface area (Å²) in [6, 6.07) is 9.29. The average Bonchev–Trinajstić information content (AvgIpc) is 2.77. The van der Waals surface area contributed by atoms with Gasteiger partial charge < -0.3 is 21.3 Å². The van der Waals surface area contributed by atoms with Crippen LogP contribution in [-0.2, 0) is 11.3 Å². The Bertz CT molecular complexity index is 1060. The SMILES string of the molecule is CC(C)NC(=O)C(N)=C(C(=O)c1cc(Cl)c(O)cc1O)c1ccc(CN2CCCCC2)cc1. The summed E-state index contributed by atoms with van der Waals surface area (Å²) in [6.45, 7) is 6.51. The van der Waals surface area contributed by atoms with Crippen LogP contribution in [0.5, 0.6) is 11.5 Å². The molecule has 1 amide bonds. The number of ketones is 1. The fraction of sp³-hybridized carbons (Fsp3) is 0.360. The van der Waals surface area contributed by atoms with Crippen LogP contribution in [0.4, 0.5) is 0 Å². The number of amides is 1. The van der Waals surface area contributed by atoms with Crippen LogP contribution in [0.3, 0.4) is 0 Å². The predicted octanol–water partition coefficient (Wildman–Crippen LogP) is 3.81.